The van der Waals surface area contributed by atoms with Crippen molar-refractivity contribution in [2.75, 3.05) is 7.11 Å². The van der Waals surface area contributed by atoms with Crippen LogP contribution < -0.4 is 14.9 Å². The maximum absolute atomic E-state index is 12.4. The van der Waals surface area contributed by atoms with Crippen LogP contribution in [0.15, 0.2) is 64.2 Å². The van der Waals surface area contributed by atoms with Crippen LogP contribution in [0.1, 0.15) is 27.0 Å². The van der Waals surface area contributed by atoms with Gasteiger partial charge in [0, 0.05) is 22.2 Å². The topological polar surface area (TPSA) is 103 Å². The average Bonchev–Trinajstić information content (AvgIpc) is 2.78. The first-order chi connectivity index (χ1) is 15.8. The molecule has 0 aliphatic rings. The number of nitrogens with one attached hydrogen (secondary N) is 1. The van der Waals surface area contributed by atoms with Gasteiger partial charge in [0.25, 0.3) is 11.6 Å². The molecular formula is C23H19BrClN3O5. The zero-order valence-electron chi connectivity index (χ0n) is 17.7. The molecule has 0 saturated carbocycles. The fraction of sp³-hybridized carbons (Fsp3) is 0.130. The third-order valence-electron chi connectivity index (χ3n) is 4.71. The Hall–Kier alpha value is -3.43. The van der Waals surface area contributed by atoms with Crippen molar-refractivity contribution in [1.82, 2.24) is 5.43 Å². The minimum Gasteiger partial charge on any atom is -0.493 e. The molecule has 0 aromatic heterocycles. The van der Waals surface area contributed by atoms with E-state index in [0.717, 1.165) is 5.56 Å². The normalized spacial score (nSPS) is 10.8. The fourth-order valence-electron chi connectivity index (χ4n) is 3.01. The van der Waals surface area contributed by atoms with Gasteiger partial charge in [-0.05, 0) is 52.7 Å². The zero-order valence-corrected chi connectivity index (χ0v) is 20.0. The molecule has 0 saturated heterocycles. The van der Waals surface area contributed by atoms with Crippen molar-refractivity contribution >= 4 is 45.3 Å². The molecule has 3 aromatic rings. The van der Waals surface area contributed by atoms with E-state index >= 15 is 0 Å². The van der Waals surface area contributed by atoms with Crippen molar-refractivity contribution in [1.29, 1.82) is 0 Å². The molecule has 0 aliphatic heterocycles. The number of hydrogen-bond acceptors (Lipinski definition) is 6. The molecule has 3 rings (SSSR count). The van der Waals surface area contributed by atoms with Crippen LogP contribution in [0.5, 0.6) is 11.5 Å². The van der Waals surface area contributed by atoms with Gasteiger partial charge >= 0.3 is 0 Å². The number of rotatable bonds is 8. The van der Waals surface area contributed by atoms with Crippen molar-refractivity contribution in [3.63, 3.8) is 0 Å². The Morgan fingerprint density at radius 3 is 2.70 bits per heavy atom. The van der Waals surface area contributed by atoms with Gasteiger partial charge in [-0.3, -0.25) is 14.9 Å². The van der Waals surface area contributed by atoms with E-state index in [1.54, 1.807) is 18.2 Å². The van der Waals surface area contributed by atoms with Crippen LogP contribution >= 0.6 is 27.5 Å². The van der Waals surface area contributed by atoms with Gasteiger partial charge in [-0.2, -0.15) is 5.10 Å². The first-order valence-electron chi connectivity index (χ1n) is 9.63. The summed E-state index contributed by atoms with van der Waals surface area (Å²) in [4.78, 5) is 22.9. The summed E-state index contributed by atoms with van der Waals surface area (Å²) in [5.41, 5.74) is 4.14. The van der Waals surface area contributed by atoms with E-state index in [4.69, 9.17) is 21.1 Å². The molecule has 0 bridgehead atoms. The molecule has 0 aliphatic carbocycles. The van der Waals surface area contributed by atoms with E-state index < -0.39 is 10.8 Å². The quantitative estimate of drug-likeness (QED) is 0.229. The lowest BCUT2D eigenvalue weighted by Gasteiger charge is -2.14. The molecule has 10 heteroatoms. The summed E-state index contributed by atoms with van der Waals surface area (Å²) in [5.74, 6) is 0.391. The van der Waals surface area contributed by atoms with Crippen molar-refractivity contribution in [2.24, 2.45) is 5.10 Å². The second-order valence-electron chi connectivity index (χ2n) is 6.82. The number of amides is 1. The van der Waals surface area contributed by atoms with Crippen LogP contribution in [0.2, 0.25) is 5.02 Å². The standard InChI is InChI=1S/C23H19BrClN3O5/c1-14-17(7-5-9-20(14)28(30)31)23(29)27-26-12-15-10-18(24)22(21(11-15)32-2)33-13-16-6-3-4-8-19(16)25/h3-12H,13H2,1-2H3,(H,27,29)/b26-12+. The highest BCUT2D eigenvalue weighted by Crippen LogP contribution is 2.37. The number of carbonyl (C=O) groups excluding carboxylic acids is 1. The molecule has 3 aromatic carbocycles. The van der Waals surface area contributed by atoms with Gasteiger partial charge in [-0.1, -0.05) is 35.9 Å². The Morgan fingerprint density at radius 2 is 2.00 bits per heavy atom. The van der Waals surface area contributed by atoms with Gasteiger partial charge in [-0.15, -0.1) is 0 Å². The minimum absolute atomic E-state index is 0.132. The Morgan fingerprint density at radius 1 is 1.24 bits per heavy atom. The molecule has 0 unspecified atom stereocenters. The fourth-order valence-corrected chi connectivity index (χ4v) is 3.78. The van der Waals surface area contributed by atoms with Crippen molar-refractivity contribution < 1.29 is 19.2 Å². The average molecular weight is 533 g/mol. The van der Waals surface area contributed by atoms with Gasteiger partial charge in [0.05, 0.1) is 28.3 Å². The molecule has 0 heterocycles. The third kappa shape index (κ3) is 5.88. The van der Waals surface area contributed by atoms with E-state index in [0.29, 0.717) is 26.6 Å². The number of hydrogen-bond donors (Lipinski definition) is 1. The second-order valence-corrected chi connectivity index (χ2v) is 8.08. The third-order valence-corrected chi connectivity index (χ3v) is 5.67. The maximum Gasteiger partial charge on any atom is 0.273 e. The number of nitro benzene ring substituents is 1. The first-order valence-corrected chi connectivity index (χ1v) is 10.8. The monoisotopic (exact) mass is 531 g/mol. The van der Waals surface area contributed by atoms with Crippen molar-refractivity contribution in [2.45, 2.75) is 13.5 Å². The highest BCUT2D eigenvalue weighted by molar-refractivity contribution is 9.10. The van der Waals surface area contributed by atoms with E-state index in [1.165, 1.54) is 38.4 Å². The molecule has 8 nitrogen and oxygen atoms in total. The Kier molecular flexibility index (Phi) is 8.02. The second kappa shape index (κ2) is 10.9. The molecule has 0 radical (unpaired) electrons. The van der Waals surface area contributed by atoms with Crippen LogP contribution in [0.3, 0.4) is 0 Å². The number of halogens is 2. The summed E-state index contributed by atoms with van der Waals surface area (Å²) in [6.45, 7) is 1.76. The van der Waals surface area contributed by atoms with Gasteiger partial charge in [0.1, 0.15) is 6.61 Å². The van der Waals surface area contributed by atoms with Gasteiger partial charge in [0.15, 0.2) is 11.5 Å². The van der Waals surface area contributed by atoms with Gasteiger partial charge < -0.3 is 9.47 Å². The summed E-state index contributed by atoms with van der Waals surface area (Å²) in [5, 5.41) is 15.6. The number of carbonyl (C=O) groups is 1. The highest BCUT2D eigenvalue weighted by atomic mass is 79.9. The van der Waals surface area contributed by atoms with Crippen LogP contribution in [0, 0.1) is 17.0 Å². The van der Waals surface area contributed by atoms with Crippen LogP contribution in [0.4, 0.5) is 5.69 Å². The molecule has 1 N–H and O–H groups in total. The van der Waals surface area contributed by atoms with E-state index in [-0.39, 0.29) is 23.4 Å². The Balaban J connectivity index is 1.73. The minimum atomic E-state index is -0.557. The van der Waals surface area contributed by atoms with Crippen LogP contribution in [-0.4, -0.2) is 24.2 Å². The largest absolute Gasteiger partial charge is 0.493 e. The summed E-state index contributed by atoms with van der Waals surface area (Å²) in [6.07, 6.45) is 1.43. The van der Waals surface area contributed by atoms with Gasteiger partial charge in [-0.25, -0.2) is 5.43 Å². The molecular weight excluding hydrogens is 514 g/mol. The SMILES string of the molecule is COc1cc(/C=N/NC(=O)c2cccc([N+](=O)[O-])c2C)cc(Br)c1OCc1ccccc1Cl. The Bertz CT molecular complexity index is 1230. The number of methoxy groups -OCH3 is 1. The van der Waals surface area contributed by atoms with Crippen molar-refractivity contribution in [3.8, 4) is 11.5 Å². The number of benzene rings is 3. The lowest BCUT2D eigenvalue weighted by molar-refractivity contribution is -0.385. The Labute approximate surface area is 203 Å². The lowest BCUT2D eigenvalue weighted by Crippen LogP contribution is -2.19. The predicted molar refractivity (Wildman–Crippen MR) is 129 cm³/mol. The summed E-state index contributed by atoms with van der Waals surface area (Å²) in [7, 11) is 1.51. The molecule has 0 spiro atoms. The smallest absolute Gasteiger partial charge is 0.273 e. The molecule has 0 fully saturated rings. The zero-order chi connectivity index (χ0) is 24.0. The number of ether oxygens (including phenoxy) is 2. The molecule has 0 atom stereocenters. The number of nitrogens with zero attached hydrogens (tertiary/aromatic N) is 2. The summed E-state index contributed by atoms with van der Waals surface area (Å²) in [6, 6.07) is 15.1. The van der Waals surface area contributed by atoms with Crippen LogP contribution in [-0.2, 0) is 6.61 Å². The van der Waals surface area contributed by atoms with E-state index in [2.05, 4.69) is 26.5 Å². The van der Waals surface area contributed by atoms with E-state index in [1.807, 2.05) is 18.2 Å². The highest BCUT2D eigenvalue weighted by Gasteiger charge is 2.17. The summed E-state index contributed by atoms with van der Waals surface area (Å²) >= 11 is 9.65. The maximum atomic E-state index is 12.4. The van der Waals surface area contributed by atoms with Gasteiger partial charge in [0.2, 0.25) is 0 Å². The predicted octanol–water partition coefficient (Wildman–Crippen LogP) is 5.67. The van der Waals surface area contributed by atoms with Crippen LogP contribution in [0.25, 0.3) is 0 Å². The first kappa shape index (κ1) is 24.2. The van der Waals surface area contributed by atoms with E-state index in [9.17, 15) is 14.9 Å². The molecule has 1 amide bonds. The lowest BCUT2D eigenvalue weighted by atomic mass is 10.1. The summed E-state index contributed by atoms with van der Waals surface area (Å²) < 4.78 is 12.0. The number of nitro groups is 1. The number of hydrazone groups is 1. The van der Waals surface area contributed by atoms with Crippen molar-refractivity contribution in [3.05, 3.63) is 96.5 Å². The molecule has 170 valence electrons. The molecule has 33 heavy (non-hydrogen) atoms.